The van der Waals surface area contributed by atoms with Crippen LogP contribution in [0, 0.1) is 12.1 Å². The van der Waals surface area contributed by atoms with Crippen LogP contribution in [0.3, 0.4) is 0 Å². The largest absolute Gasteiger partial charge is 0.733 e. The Hall–Kier alpha value is -3.81. The van der Waals surface area contributed by atoms with E-state index in [4.69, 9.17) is 19.1 Å². The van der Waals surface area contributed by atoms with Gasteiger partial charge in [0.05, 0.1) is 23.7 Å². The number of aryl methyl sites for hydroxylation is 1. The van der Waals surface area contributed by atoms with Crippen LogP contribution in [0.1, 0.15) is 11.3 Å². The summed E-state index contributed by atoms with van der Waals surface area (Å²) in [6.07, 6.45) is 0. The maximum absolute atomic E-state index is 13.1. The molecule has 0 atom stereocenters. The summed E-state index contributed by atoms with van der Waals surface area (Å²) in [4.78, 5) is 13.1. The molecule has 0 spiro atoms. The average Bonchev–Trinajstić information content (AvgIpc) is 2.78. The first kappa shape index (κ1) is 20.5. The third-order valence-corrected chi connectivity index (χ3v) is 4.98. The van der Waals surface area contributed by atoms with Gasteiger partial charge in [0, 0.05) is 6.07 Å². The van der Waals surface area contributed by atoms with E-state index in [0.29, 0.717) is 33.8 Å². The molecule has 0 amide bonds. The molecule has 0 unspecified atom stereocenters. The summed E-state index contributed by atoms with van der Waals surface area (Å²) < 4.78 is 16.9. The fraction of sp³-hybridized carbons (Fsp3) is 0.125. The smallest absolute Gasteiger partial charge is 0.200 e. The predicted octanol–water partition coefficient (Wildman–Crippen LogP) is 5.05. The Balaban J connectivity index is 1.60. The summed E-state index contributed by atoms with van der Waals surface area (Å²) in [6.45, 7) is 2.01. The number of fused-ring (bicyclic) bond motifs is 1. The molecule has 4 aromatic rings. The van der Waals surface area contributed by atoms with E-state index < -0.39 is 0 Å². The topological polar surface area (TPSA) is 95.2 Å². The van der Waals surface area contributed by atoms with E-state index >= 15 is 0 Å². The number of rotatable bonds is 6. The molecule has 1 heterocycles. The number of benzene rings is 3. The Bertz CT molecular complexity index is 1260. The van der Waals surface area contributed by atoms with Crippen molar-refractivity contribution in [2.45, 2.75) is 13.5 Å². The molecule has 0 saturated carbocycles. The number of hydrogen-bond acceptors (Lipinski definition) is 7. The maximum Gasteiger partial charge on any atom is 0.200 e. The van der Waals surface area contributed by atoms with E-state index in [0.717, 1.165) is 11.1 Å². The van der Waals surface area contributed by atoms with Gasteiger partial charge in [-0.25, -0.2) is 0 Å². The molecular weight excluding hydrogens is 398 g/mol. The molecule has 4 rings (SSSR count). The van der Waals surface area contributed by atoms with Crippen molar-refractivity contribution >= 4 is 16.7 Å². The van der Waals surface area contributed by atoms with Crippen molar-refractivity contribution in [1.29, 1.82) is 0 Å². The van der Waals surface area contributed by atoms with Crippen molar-refractivity contribution < 1.29 is 19.1 Å². The van der Waals surface area contributed by atoms with Gasteiger partial charge in [-0.05, 0) is 54.4 Å². The second kappa shape index (κ2) is 8.51. The van der Waals surface area contributed by atoms with Gasteiger partial charge in [0.25, 0.3) is 0 Å². The average molecular weight is 418 g/mol. The normalized spacial score (nSPS) is 10.8. The molecule has 3 aromatic carbocycles. The van der Waals surface area contributed by atoms with Gasteiger partial charge < -0.3 is 24.3 Å². The van der Waals surface area contributed by atoms with E-state index in [1.807, 2.05) is 12.1 Å². The first-order valence-corrected chi connectivity index (χ1v) is 9.56. The minimum Gasteiger partial charge on any atom is -0.733 e. The molecule has 0 aliphatic heterocycles. The van der Waals surface area contributed by atoms with Crippen molar-refractivity contribution in [3.05, 3.63) is 93.5 Å². The molecule has 1 aromatic heterocycles. The Morgan fingerprint density at radius 1 is 1.00 bits per heavy atom. The Morgan fingerprint density at radius 2 is 1.68 bits per heavy atom. The van der Waals surface area contributed by atoms with Crippen molar-refractivity contribution in [1.82, 2.24) is 0 Å². The standard InChI is InChI=1S/C24H20NO6/c1-15-23(17-5-9-19(29-2)10-6-17)24(26)21-12-11-20(13-22(21)31-15)30-14-16-3-7-18(8-4-16)25(27)28/h3-13,27H,14H2,1-2H3/q-1. The highest BCUT2D eigenvalue weighted by Crippen LogP contribution is 2.28. The summed E-state index contributed by atoms with van der Waals surface area (Å²) in [6, 6.07) is 18.7. The molecule has 7 heteroatoms. The third-order valence-electron chi connectivity index (χ3n) is 4.98. The predicted molar refractivity (Wildman–Crippen MR) is 118 cm³/mol. The fourth-order valence-corrected chi connectivity index (χ4v) is 3.35. The van der Waals surface area contributed by atoms with Crippen LogP contribution in [0.2, 0.25) is 0 Å². The maximum atomic E-state index is 13.1. The Morgan fingerprint density at radius 3 is 2.32 bits per heavy atom. The highest BCUT2D eigenvalue weighted by Gasteiger charge is 2.14. The molecule has 0 saturated heterocycles. The van der Waals surface area contributed by atoms with E-state index in [-0.39, 0.29) is 22.9 Å². The van der Waals surface area contributed by atoms with Crippen molar-refractivity contribution in [3.63, 3.8) is 0 Å². The zero-order valence-corrected chi connectivity index (χ0v) is 17.0. The molecule has 0 radical (unpaired) electrons. The third kappa shape index (κ3) is 4.23. The Kier molecular flexibility index (Phi) is 5.62. The quantitative estimate of drug-likeness (QED) is 0.438. The molecular formula is C24H20NO6-. The van der Waals surface area contributed by atoms with Crippen molar-refractivity contribution in [2.24, 2.45) is 0 Å². The van der Waals surface area contributed by atoms with E-state index in [2.05, 4.69) is 0 Å². The second-order valence-corrected chi connectivity index (χ2v) is 6.98. The molecule has 0 bridgehead atoms. The van der Waals surface area contributed by atoms with Gasteiger partial charge in [0.15, 0.2) is 0 Å². The molecule has 158 valence electrons. The lowest BCUT2D eigenvalue weighted by Gasteiger charge is -2.21. The lowest BCUT2D eigenvalue weighted by atomic mass is 10.0. The van der Waals surface area contributed by atoms with Crippen LogP contribution < -0.4 is 20.1 Å². The monoisotopic (exact) mass is 418 g/mol. The number of hydrogen-bond donors (Lipinski definition) is 1. The van der Waals surface area contributed by atoms with E-state index in [9.17, 15) is 10.0 Å². The van der Waals surface area contributed by atoms with Gasteiger partial charge in [-0.15, -0.1) is 0 Å². The van der Waals surface area contributed by atoms with Crippen LogP contribution in [-0.2, 0) is 6.61 Å². The summed E-state index contributed by atoms with van der Waals surface area (Å²) in [5, 5.41) is 20.0. The van der Waals surface area contributed by atoms with Crippen molar-refractivity contribution in [3.8, 4) is 22.6 Å². The number of anilines is 1. The summed E-state index contributed by atoms with van der Waals surface area (Å²) in [5.74, 6) is 1.77. The molecule has 7 nitrogen and oxygen atoms in total. The van der Waals surface area contributed by atoms with Gasteiger partial charge in [-0.3, -0.25) is 10.0 Å². The van der Waals surface area contributed by atoms with Crippen LogP contribution in [0.25, 0.3) is 22.1 Å². The minimum atomic E-state index is -0.196. The first-order valence-electron chi connectivity index (χ1n) is 9.56. The molecule has 1 N–H and O–H groups in total. The Labute approximate surface area is 178 Å². The van der Waals surface area contributed by atoms with E-state index in [1.165, 1.54) is 12.1 Å². The highest BCUT2D eigenvalue weighted by atomic mass is 16.8. The lowest BCUT2D eigenvalue weighted by molar-refractivity contribution is 0.295. The summed E-state index contributed by atoms with van der Waals surface area (Å²) >= 11 is 0. The molecule has 31 heavy (non-hydrogen) atoms. The highest BCUT2D eigenvalue weighted by molar-refractivity contribution is 5.83. The molecule has 0 aliphatic rings. The lowest BCUT2D eigenvalue weighted by Crippen LogP contribution is -2.08. The van der Waals surface area contributed by atoms with Crippen LogP contribution in [-0.4, -0.2) is 12.3 Å². The van der Waals surface area contributed by atoms with Gasteiger partial charge in [0.1, 0.15) is 29.4 Å². The number of ether oxygens (including phenoxy) is 2. The summed E-state index contributed by atoms with van der Waals surface area (Å²) in [5.41, 5.74) is 2.56. The van der Waals surface area contributed by atoms with Crippen LogP contribution in [0.15, 0.2) is 75.9 Å². The van der Waals surface area contributed by atoms with Crippen LogP contribution >= 0.6 is 0 Å². The molecule has 0 aliphatic carbocycles. The van der Waals surface area contributed by atoms with Gasteiger partial charge >= 0.3 is 0 Å². The SMILES string of the molecule is COc1ccc(-c2c(C)oc3cc(OCc4ccc(N([O-])O)cc4)ccc3c2=O)cc1. The number of nitrogens with zero attached hydrogens (tertiary/aromatic N) is 1. The van der Waals surface area contributed by atoms with Crippen LogP contribution in [0.5, 0.6) is 11.5 Å². The summed E-state index contributed by atoms with van der Waals surface area (Å²) in [7, 11) is 1.59. The van der Waals surface area contributed by atoms with Gasteiger partial charge in [0.2, 0.25) is 5.43 Å². The zero-order valence-electron chi connectivity index (χ0n) is 17.0. The van der Waals surface area contributed by atoms with Gasteiger partial charge in [-0.2, -0.15) is 0 Å². The van der Waals surface area contributed by atoms with E-state index in [1.54, 1.807) is 56.5 Å². The zero-order chi connectivity index (χ0) is 22.0. The van der Waals surface area contributed by atoms with Crippen LogP contribution in [0.4, 0.5) is 5.69 Å². The first-order chi connectivity index (χ1) is 15.0. The molecule has 0 fully saturated rings. The minimum absolute atomic E-state index is 0.114. The second-order valence-electron chi connectivity index (χ2n) is 6.98. The fourth-order valence-electron chi connectivity index (χ4n) is 3.35. The number of methoxy groups -OCH3 is 1. The van der Waals surface area contributed by atoms with Crippen molar-refractivity contribution in [2.75, 3.05) is 12.3 Å². The van der Waals surface area contributed by atoms with Gasteiger partial charge in [-0.1, -0.05) is 24.3 Å².